The van der Waals surface area contributed by atoms with Gasteiger partial charge in [-0.1, -0.05) is 12.1 Å². The summed E-state index contributed by atoms with van der Waals surface area (Å²) in [5.74, 6) is -0.295. The first-order chi connectivity index (χ1) is 9.51. The maximum Gasteiger partial charge on any atom is 0.264 e. The van der Waals surface area contributed by atoms with E-state index < -0.39 is 0 Å². The lowest BCUT2D eigenvalue weighted by Gasteiger charge is -2.20. The van der Waals surface area contributed by atoms with Gasteiger partial charge in [0.05, 0.1) is 8.66 Å². The minimum atomic E-state index is -0.277. The number of hydrogen-bond acceptors (Lipinski definition) is 2. The Hall–Kier alpha value is -1.20. The molecule has 0 radical (unpaired) electrons. The minimum Gasteiger partial charge on any atom is -0.334 e. The van der Waals surface area contributed by atoms with Crippen molar-refractivity contribution < 1.29 is 9.18 Å². The number of benzene rings is 1. The van der Waals surface area contributed by atoms with Crippen molar-refractivity contribution in [2.75, 3.05) is 6.54 Å². The van der Waals surface area contributed by atoms with Gasteiger partial charge in [-0.05, 0) is 59.1 Å². The van der Waals surface area contributed by atoms with Crippen molar-refractivity contribution in [2.45, 2.75) is 20.4 Å². The van der Waals surface area contributed by atoms with Crippen molar-refractivity contribution >= 4 is 33.2 Å². The summed E-state index contributed by atoms with van der Waals surface area (Å²) in [6.07, 6.45) is 0. The average molecular weight is 356 g/mol. The summed E-state index contributed by atoms with van der Waals surface area (Å²) < 4.78 is 14.2. The molecule has 0 aliphatic carbocycles. The molecule has 0 saturated heterocycles. The largest absolute Gasteiger partial charge is 0.334 e. The third kappa shape index (κ3) is 3.46. The average Bonchev–Trinajstić information content (AvgIpc) is 2.75. The van der Waals surface area contributed by atoms with E-state index in [1.807, 2.05) is 26.0 Å². The molecule has 106 valence electrons. The van der Waals surface area contributed by atoms with Crippen molar-refractivity contribution in [3.8, 4) is 0 Å². The van der Waals surface area contributed by atoms with Gasteiger partial charge in [0.25, 0.3) is 5.91 Å². The van der Waals surface area contributed by atoms with E-state index in [1.165, 1.54) is 23.5 Å². The third-order valence-corrected chi connectivity index (χ3v) is 5.12. The van der Waals surface area contributed by atoms with Crippen LogP contribution in [0.25, 0.3) is 0 Å². The van der Waals surface area contributed by atoms with E-state index in [1.54, 1.807) is 11.0 Å². The second-order valence-electron chi connectivity index (χ2n) is 4.52. The van der Waals surface area contributed by atoms with Gasteiger partial charge in [0.15, 0.2) is 0 Å². The molecule has 0 spiro atoms. The molecule has 0 fully saturated rings. The van der Waals surface area contributed by atoms with Gasteiger partial charge in [-0.15, -0.1) is 11.3 Å². The second kappa shape index (κ2) is 6.50. The first-order valence-electron chi connectivity index (χ1n) is 6.31. The summed E-state index contributed by atoms with van der Waals surface area (Å²) in [4.78, 5) is 14.9. The van der Waals surface area contributed by atoms with Crippen LogP contribution in [-0.4, -0.2) is 17.4 Å². The maximum atomic E-state index is 13.2. The lowest BCUT2D eigenvalue weighted by atomic mass is 10.2. The first kappa shape index (κ1) is 15.2. The zero-order chi connectivity index (χ0) is 14.7. The molecule has 1 heterocycles. The highest BCUT2D eigenvalue weighted by atomic mass is 79.9. The number of aryl methyl sites for hydroxylation is 1. The van der Waals surface area contributed by atoms with Crippen LogP contribution in [0.3, 0.4) is 0 Å². The van der Waals surface area contributed by atoms with E-state index in [-0.39, 0.29) is 11.7 Å². The van der Waals surface area contributed by atoms with E-state index in [0.29, 0.717) is 18.0 Å². The van der Waals surface area contributed by atoms with E-state index in [4.69, 9.17) is 0 Å². The molecule has 2 rings (SSSR count). The minimum absolute atomic E-state index is 0.0180. The molecule has 2 nitrogen and oxygen atoms in total. The molecular weight excluding hydrogens is 341 g/mol. The lowest BCUT2D eigenvalue weighted by Crippen LogP contribution is -2.29. The SMILES string of the molecule is CCN(Cc1cccc(F)c1)C(=O)c1cc(C)c(Br)s1. The predicted molar refractivity (Wildman–Crippen MR) is 83.6 cm³/mol. The van der Waals surface area contributed by atoms with E-state index in [0.717, 1.165) is 14.9 Å². The summed E-state index contributed by atoms with van der Waals surface area (Å²) in [5, 5.41) is 0. The van der Waals surface area contributed by atoms with Crippen LogP contribution in [0.15, 0.2) is 34.1 Å². The fourth-order valence-electron chi connectivity index (χ4n) is 1.90. The standard InChI is InChI=1S/C15H15BrFNOS/c1-3-18(9-11-5-4-6-12(17)8-11)15(19)13-7-10(2)14(16)20-13/h4-8H,3,9H2,1-2H3. The molecule has 1 amide bonds. The fourth-order valence-corrected chi connectivity index (χ4v) is 3.41. The first-order valence-corrected chi connectivity index (χ1v) is 7.92. The maximum absolute atomic E-state index is 13.2. The molecule has 0 atom stereocenters. The second-order valence-corrected chi connectivity index (χ2v) is 6.89. The summed E-state index contributed by atoms with van der Waals surface area (Å²) in [6, 6.07) is 8.24. The van der Waals surface area contributed by atoms with Gasteiger partial charge in [-0.3, -0.25) is 4.79 Å². The highest BCUT2D eigenvalue weighted by Crippen LogP contribution is 2.28. The van der Waals surface area contributed by atoms with Gasteiger partial charge in [-0.25, -0.2) is 4.39 Å². The van der Waals surface area contributed by atoms with Crippen LogP contribution >= 0.6 is 27.3 Å². The zero-order valence-electron chi connectivity index (χ0n) is 11.3. The summed E-state index contributed by atoms with van der Waals surface area (Å²) in [7, 11) is 0. The number of amides is 1. The third-order valence-electron chi connectivity index (χ3n) is 3.00. The Bertz CT molecular complexity index is 607. The fraction of sp³-hybridized carbons (Fsp3) is 0.267. The van der Waals surface area contributed by atoms with Crippen LogP contribution in [0.2, 0.25) is 0 Å². The summed E-state index contributed by atoms with van der Waals surface area (Å²) >= 11 is 4.86. The van der Waals surface area contributed by atoms with E-state index >= 15 is 0 Å². The Kier molecular flexibility index (Phi) is 4.94. The Morgan fingerprint density at radius 3 is 2.70 bits per heavy atom. The Morgan fingerprint density at radius 2 is 2.15 bits per heavy atom. The highest BCUT2D eigenvalue weighted by Gasteiger charge is 2.17. The highest BCUT2D eigenvalue weighted by molar-refractivity contribution is 9.11. The number of nitrogens with zero attached hydrogens (tertiary/aromatic N) is 1. The molecule has 1 aromatic heterocycles. The molecule has 0 aliphatic rings. The molecule has 0 N–H and O–H groups in total. The van der Waals surface area contributed by atoms with Crippen molar-refractivity contribution in [2.24, 2.45) is 0 Å². The number of rotatable bonds is 4. The van der Waals surface area contributed by atoms with Crippen molar-refractivity contribution in [1.29, 1.82) is 0 Å². The van der Waals surface area contributed by atoms with Crippen LogP contribution in [0.4, 0.5) is 4.39 Å². The monoisotopic (exact) mass is 355 g/mol. The van der Waals surface area contributed by atoms with Gasteiger partial charge >= 0.3 is 0 Å². The number of carbonyl (C=O) groups excluding carboxylic acids is 1. The molecule has 0 bridgehead atoms. The smallest absolute Gasteiger partial charge is 0.264 e. The molecular formula is C15H15BrFNOS. The summed E-state index contributed by atoms with van der Waals surface area (Å²) in [6.45, 7) is 4.89. The lowest BCUT2D eigenvalue weighted by molar-refractivity contribution is 0.0757. The molecule has 0 saturated carbocycles. The number of halogens is 2. The zero-order valence-corrected chi connectivity index (χ0v) is 13.7. The quantitative estimate of drug-likeness (QED) is 0.783. The van der Waals surface area contributed by atoms with Crippen molar-refractivity contribution in [3.63, 3.8) is 0 Å². The van der Waals surface area contributed by atoms with Gasteiger partial charge in [0.2, 0.25) is 0 Å². The molecule has 5 heteroatoms. The van der Waals surface area contributed by atoms with Gasteiger partial charge in [0, 0.05) is 13.1 Å². The van der Waals surface area contributed by atoms with Gasteiger partial charge in [-0.2, -0.15) is 0 Å². The number of carbonyl (C=O) groups is 1. The topological polar surface area (TPSA) is 20.3 Å². The van der Waals surface area contributed by atoms with Crippen LogP contribution in [0.1, 0.15) is 27.7 Å². The van der Waals surface area contributed by atoms with Crippen LogP contribution in [-0.2, 0) is 6.54 Å². The Morgan fingerprint density at radius 1 is 1.40 bits per heavy atom. The van der Waals surface area contributed by atoms with E-state index in [2.05, 4.69) is 15.9 Å². The van der Waals surface area contributed by atoms with Crippen LogP contribution < -0.4 is 0 Å². The van der Waals surface area contributed by atoms with Crippen molar-refractivity contribution in [3.05, 3.63) is 55.9 Å². The predicted octanol–water partition coefficient (Wildman–Crippen LogP) is 4.62. The van der Waals surface area contributed by atoms with Crippen molar-refractivity contribution in [1.82, 2.24) is 4.90 Å². The normalized spacial score (nSPS) is 10.6. The summed E-state index contributed by atoms with van der Waals surface area (Å²) in [5.41, 5.74) is 1.85. The molecule has 20 heavy (non-hydrogen) atoms. The molecule has 0 aliphatic heterocycles. The molecule has 0 unspecified atom stereocenters. The number of hydrogen-bond donors (Lipinski definition) is 0. The van der Waals surface area contributed by atoms with Gasteiger partial charge < -0.3 is 4.90 Å². The Balaban J connectivity index is 2.17. The van der Waals surface area contributed by atoms with Crippen LogP contribution in [0.5, 0.6) is 0 Å². The molecule has 1 aromatic carbocycles. The Labute approximate surface area is 130 Å². The van der Waals surface area contributed by atoms with E-state index in [9.17, 15) is 9.18 Å². The van der Waals surface area contributed by atoms with Gasteiger partial charge in [0.1, 0.15) is 5.82 Å². The molecule has 2 aromatic rings. The van der Waals surface area contributed by atoms with Crippen LogP contribution in [0, 0.1) is 12.7 Å². The number of thiophene rings is 1.